The van der Waals surface area contributed by atoms with Crippen LogP contribution in [0.5, 0.6) is 11.5 Å². The zero-order valence-electron chi connectivity index (χ0n) is 14.9. The largest absolute Gasteiger partial charge is 0.493 e. The van der Waals surface area contributed by atoms with Gasteiger partial charge in [-0.15, -0.1) is 12.4 Å². The number of carbonyl (C=O) groups is 1. The SMILES string of the molecule is COc1ccc(CNC(=O)C2CCCNC2)cc1OC1CCCC1.Cl. The fourth-order valence-electron chi connectivity index (χ4n) is 3.52. The highest BCUT2D eigenvalue weighted by Gasteiger charge is 2.21. The second-order valence-corrected chi connectivity index (χ2v) is 6.77. The molecule has 1 aromatic carbocycles. The molecule has 0 aromatic heterocycles. The van der Waals surface area contributed by atoms with Crippen LogP contribution >= 0.6 is 12.4 Å². The second-order valence-electron chi connectivity index (χ2n) is 6.77. The molecule has 1 aromatic rings. The zero-order chi connectivity index (χ0) is 16.8. The lowest BCUT2D eigenvalue weighted by Gasteiger charge is -2.22. The van der Waals surface area contributed by atoms with E-state index in [2.05, 4.69) is 10.6 Å². The summed E-state index contributed by atoms with van der Waals surface area (Å²) < 4.78 is 11.5. The van der Waals surface area contributed by atoms with Crippen molar-refractivity contribution in [3.05, 3.63) is 23.8 Å². The Morgan fingerprint density at radius 3 is 2.68 bits per heavy atom. The Balaban J connectivity index is 0.00000225. The molecule has 3 rings (SSSR count). The van der Waals surface area contributed by atoms with Gasteiger partial charge >= 0.3 is 0 Å². The van der Waals surface area contributed by atoms with Gasteiger partial charge in [-0.3, -0.25) is 4.79 Å². The number of halogens is 1. The van der Waals surface area contributed by atoms with Crippen molar-refractivity contribution in [3.8, 4) is 11.5 Å². The van der Waals surface area contributed by atoms with E-state index in [1.54, 1.807) is 7.11 Å². The van der Waals surface area contributed by atoms with Gasteiger partial charge in [-0.1, -0.05) is 6.07 Å². The normalized spacial score (nSPS) is 20.6. The minimum Gasteiger partial charge on any atom is -0.493 e. The van der Waals surface area contributed by atoms with E-state index in [9.17, 15) is 4.79 Å². The summed E-state index contributed by atoms with van der Waals surface area (Å²) in [7, 11) is 1.66. The minimum atomic E-state index is 0. The van der Waals surface area contributed by atoms with Crippen molar-refractivity contribution in [2.24, 2.45) is 5.92 Å². The Labute approximate surface area is 156 Å². The standard InChI is InChI=1S/C19H28N2O3.ClH/c1-23-17-9-8-14(11-18(17)24-16-6-2-3-7-16)12-21-19(22)15-5-4-10-20-13-15;/h8-9,11,15-16,20H,2-7,10,12-13H2,1H3,(H,21,22);1H. The molecule has 1 unspecified atom stereocenters. The number of ether oxygens (including phenoxy) is 2. The van der Waals surface area contributed by atoms with Gasteiger partial charge in [-0.2, -0.15) is 0 Å². The van der Waals surface area contributed by atoms with Gasteiger partial charge in [0, 0.05) is 13.1 Å². The summed E-state index contributed by atoms with van der Waals surface area (Å²) in [5.74, 6) is 1.77. The smallest absolute Gasteiger partial charge is 0.224 e. The number of nitrogens with one attached hydrogen (secondary N) is 2. The summed E-state index contributed by atoms with van der Waals surface area (Å²) in [5.41, 5.74) is 1.04. The highest BCUT2D eigenvalue weighted by molar-refractivity contribution is 5.85. The topological polar surface area (TPSA) is 59.6 Å². The van der Waals surface area contributed by atoms with E-state index in [1.165, 1.54) is 12.8 Å². The molecule has 1 aliphatic carbocycles. The van der Waals surface area contributed by atoms with Crippen LogP contribution in [0.25, 0.3) is 0 Å². The summed E-state index contributed by atoms with van der Waals surface area (Å²) in [6, 6.07) is 5.91. The third-order valence-electron chi connectivity index (χ3n) is 4.96. The molecule has 6 heteroatoms. The van der Waals surface area contributed by atoms with Crippen molar-refractivity contribution >= 4 is 18.3 Å². The van der Waals surface area contributed by atoms with Crippen molar-refractivity contribution in [3.63, 3.8) is 0 Å². The lowest BCUT2D eigenvalue weighted by molar-refractivity contribution is -0.125. The van der Waals surface area contributed by atoms with Gasteiger partial charge in [0.25, 0.3) is 0 Å². The first-order valence-electron chi connectivity index (χ1n) is 9.08. The quantitative estimate of drug-likeness (QED) is 0.810. The molecule has 1 saturated carbocycles. The van der Waals surface area contributed by atoms with Crippen LogP contribution in [0.3, 0.4) is 0 Å². The molecule has 0 bridgehead atoms. The Morgan fingerprint density at radius 1 is 1.20 bits per heavy atom. The average Bonchev–Trinajstić information content (AvgIpc) is 3.13. The molecule has 0 spiro atoms. The Morgan fingerprint density at radius 2 is 2.00 bits per heavy atom. The Hall–Kier alpha value is -1.46. The second kappa shape index (κ2) is 9.88. The van der Waals surface area contributed by atoms with Crippen molar-refractivity contribution < 1.29 is 14.3 Å². The van der Waals surface area contributed by atoms with Gasteiger partial charge in [0.05, 0.1) is 19.1 Å². The molecule has 140 valence electrons. The number of rotatable bonds is 6. The summed E-state index contributed by atoms with van der Waals surface area (Å²) in [4.78, 5) is 12.3. The molecular formula is C19H29ClN2O3. The fourth-order valence-corrected chi connectivity index (χ4v) is 3.52. The van der Waals surface area contributed by atoms with Crippen LogP contribution in [0, 0.1) is 5.92 Å². The molecule has 1 saturated heterocycles. The van der Waals surface area contributed by atoms with E-state index < -0.39 is 0 Å². The van der Waals surface area contributed by atoms with E-state index in [0.29, 0.717) is 6.54 Å². The first-order valence-corrected chi connectivity index (χ1v) is 9.08. The van der Waals surface area contributed by atoms with Crippen LogP contribution in [0.15, 0.2) is 18.2 Å². The van der Waals surface area contributed by atoms with Gasteiger partial charge in [-0.05, 0) is 62.8 Å². The van der Waals surface area contributed by atoms with Crippen LogP contribution in [0.1, 0.15) is 44.1 Å². The van der Waals surface area contributed by atoms with Crippen molar-refractivity contribution in [2.45, 2.75) is 51.2 Å². The lowest BCUT2D eigenvalue weighted by atomic mass is 9.99. The molecule has 5 nitrogen and oxygen atoms in total. The number of methoxy groups -OCH3 is 1. The molecule has 1 amide bonds. The highest BCUT2D eigenvalue weighted by Crippen LogP contribution is 2.32. The molecule has 0 radical (unpaired) electrons. The first-order chi connectivity index (χ1) is 11.8. The van der Waals surface area contributed by atoms with Gasteiger partial charge in [0.15, 0.2) is 11.5 Å². The monoisotopic (exact) mass is 368 g/mol. The van der Waals surface area contributed by atoms with Crippen molar-refractivity contribution in [2.75, 3.05) is 20.2 Å². The van der Waals surface area contributed by atoms with Gasteiger partial charge < -0.3 is 20.1 Å². The molecule has 25 heavy (non-hydrogen) atoms. The molecule has 2 N–H and O–H groups in total. The summed E-state index contributed by atoms with van der Waals surface area (Å²) in [5, 5.41) is 6.33. The van der Waals surface area contributed by atoms with Crippen LogP contribution in [-0.4, -0.2) is 32.2 Å². The maximum absolute atomic E-state index is 12.3. The van der Waals surface area contributed by atoms with E-state index >= 15 is 0 Å². The summed E-state index contributed by atoms with van der Waals surface area (Å²) in [6.07, 6.45) is 7.02. The molecule has 2 aliphatic rings. The molecule has 1 heterocycles. The van der Waals surface area contributed by atoms with E-state index in [1.807, 2.05) is 18.2 Å². The zero-order valence-corrected chi connectivity index (χ0v) is 15.7. The van der Waals surface area contributed by atoms with Crippen molar-refractivity contribution in [1.82, 2.24) is 10.6 Å². The van der Waals surface area contributed by atoms with Crippen LogP contribution in [0.2, 0.25) is 0 Å². The van der Waals surface area contributed by atoms with E-state index in [4.69, 9.17) is 9.47 Å². The lowest BCUT2D eigenvalue weighted by Crippen LogP contribution is -2.40. The maximum atomic E-state index is 12.3. The minimum absolute atomic E-state index is 0. The van der Waals surface area contributed by atoms with Crippen LogP contribution in [-0.2, 0) is 11.3 Å². The van der Waals surface area contributed by atoms with Gasteiger partial charge in [-0.25, -0.2) is 0 Å². The predicted molar refractivity (Wildman–Crippen MR) is 101 cm³/mol. The number of hydrogen-bond acceptors (Lipinski definition) is 4. The average molecular weight is 369 g/mol. The predicted octanol–water partition coefficient (Wildman–Crippen LogP) is 3.05. The van der Waals surface area contributed by atoms with Crippen molar-refractivity contribution in [1.29, 1.82) is 0 Å². The summed E-state index contributed by atoms with van der Waals surface area (Å²) >= 11 is 0. The van der Waals surface area contributed by atoms with Crippen LogP contribution in [0.4, 0.5) is 0 Å². The Bertz CT molecular complexity index is 556. The number of carbonyl (C=O) groups excluding carboxylic acids is 1. The third-order valence-corrected chi connectivity index (χ3v) is 4.96. The molecule has 1 aliphatic heterocycles. The Kier molecular flexibility index (Phi) is 7.85. The molecule has 2 fully saturated rings. The highest BCUT2D eigenvalue weighted by atomic mass is 35.5. The first kappa shape index (κ1) is 19.9. The number of hydrogen-bond donors (Lipinski definition) is 2. The maximum Gasteiger partial charge on any atom is 0.224 e. The number of piperidine rings is 1. The van der Waals surface area contributed by atoms with Gasteiger partial charge in [0.2, 0.25) is 5.91 Å². The number of amides is 1. The number of benzene rings is 1. The van der Waals surface area contributed by atoms with Crippen LogP contribution < -0.4 is 20.1 Å². The van der Waals surface area contributed by atoms with E-state index in [0.717, 1.165) is 55.8 Å². The fraction of sp³-hybridized carbons (Fsp3) is 0.632. The molecule has 1 atom stereocenters. The molecular weight excluding hydrogens is 340 g/mol. The summed E-state index contributed by atoms with van der Waals surface area (Å²) in [6.45, 7) is 2.33. The third kappa shape index (κ3) is 5.51. The van der Waals surface area contributed by atoms with Gasteiger partial charge in [0.1, 0.15) is 0 Å². The van der Waals surface area contributed by atoms with E-state index in [-0.39, 0.29) is 30.3 Å².